The smallest absolute Gasteiger partial charge is 0.387 e. The van der Waals surface area contributed by atoms with Gasteiger partial charge in [-0.15, -0.1) is 0 Å². The molecule has 2 aromatic carbocycles. The van der Waals surface area contributed by atoms with E-state index in [0.29, 0.717) is 5.69 Å². The van der Waals surface area contributed by atoms with Crippen LogP contribution in [0, 0.1) is 0 Å². The van der Waals surface area contributed by atoms with Gasteiger partial charge in [-0.3, -0.25) is 14.4 Å². The molecule has 0 saturated heterocycles. The van der Waals surface area contributed by atoms with Crippen LogP contribution in [0.1, 0.15) is 20.7 Å². The van der Waals surface area contributed by atoms with Crippen LogP contribution in [0.5, 0.6) is 11.5 Å². The summed E-state index contributed by atoms with van der Waals surface area (Å²) in [5, 5.41) is 4.99. The number of nitrogens with one attached hydrogen (secondary N) is 2. The van der Waals surface area contributed by atoms with Gasteiger partial charge >= 0.3 is 12.6 Å². The van der Waals surface area contributed by atoms with E-state index in [9.17, 15) is 23.2 Å². The minimum atomic E-state index is -3.02. The van der Waals surface area contributed by atoms with Crippen LogP contribution in [-0.4, -0.2) is 45.2 Å². The van der Waals surface area contributed by atoms with Gasteiger partial charge in [0.1, 0.15) is 6.54 Å². The molecule has 29 heavy (non-hydrogen) atoms. The number of hydrogen-bond acceptors (Lipinski definition) is 6. The number of methoxy groups -OCH3 is 2. The number of carbonyl (C=O) groups is 3. The van der Waals surface area contributed by atoms with Gasteiger partial charge in [-0.1, -0.05) is 0 Å². The van der Waals surface area contributed by atoms with Crippen molar-refractivity contribution >= 4 is 23.5 Å². The largest absolute Gasteiger partial charge is 0.493 e. The van der Waals surface area contributed by atoms with Crippen LogP contribution in [-0.2, 0) is 9.53 Å². The normalized spacial score (nSPS) is 10.2. The van der Waals surface area contributed by atoms with E-state index >= 15 is 0 Å². The van der Waals surface area contributed by atoms with Crippen LogP contribution in [0.3, 0.4) is 0 Å². The Labute approximate surface area is 164 Å². The summed E-state index contributed by atoms with van der Waals surface area (Å²) in [6.07, 6.45) is 0. The maximum Gasteiger partial charge on any atom is 0.387 e. The number of esters is 1. The van der Waals surface area contributed by atoms with Crippen LogP contribution in [0.15, 0.2) is 42.5 Å². The first kappa shape index (κ1) is 21.6. The quantitative estimate of drug-likeness (QED) is 0.651. The predicted molar refractivity (Wildman–Crippen MR) is 98.4 cm³/mol. The van der Waals surface area contributed by atoms with Crippen molar-refractivity contribution in [1.82, 2.24) is 5.32 Å². The molecule has 0 bridgehead atoms. The Bertz CT molecular complexity index is 887. The molecule has 0 atom stereocenters. The molecule has 154 valence electrons. The Morgan fingerprint density at radius 3 is 2.17 bits per heavy atom. The van der Waals surface area contributed by atoms with Crippen molar-refractivity contribution < 1.29 is 37.4 Å². The van der Waals surface area contributed by atoms with Gasteiger partial charge in [-0.05, 0) is 42.5 Å². The second-order valence-electron chi connectivity index (χ2n) is 5.53. The van der Waals surface area contributed by atoms with Crippen LogP contribution < -0.4 is 20.1 Å². The number of rotatable bonds is 8. The lowest BCUT2D eigenvalue weighted by Crippen LogP contribution is -2.30. The van der Waals surface area contributed by atoms with Gasteiger partial charge in [0, 0.05) is 16.8 Å². The van der Waals surface area contributed by atoms with Gasteiger partial charge < -0.3 is 24.8 Å². The number of ether oxygens (including phenoxy) is 3. The van der Waals surface area contributed by atoms with Crippen molar-refractivity contribution in [2.24, 2.45) is 0 Å². The molecule has 0 fully saturated rings. The lowest BCUT2D eigenvalue weighted by Gasteiger charge is -2.12. The molecule has 2 aromatic rings. The summed E-state index contributed by atoms with van der Waals surface area (Å²) in [7, 11) is 2.47. The average Bonchev–Trinajstić information content (AvgIpc) is 2.72. The highest BCUT2D eigenvalue weighted by Gasteiger charge is 2.15. The molecule has 0 saturated carbocycles. The molecule has 10 heteroatoms. The number of benzene rings is 2. The summed E-state index contributed by atoms with van der Waals surface area (Å²) in [5.74, 6) is -1.79. The lowest BCUT2D eigenvalue weighted by molar-refractivity contribution is -0.139. The molecule has 0 aliphatic heterocycles. The Kier molecular flexibility index (Phi) is 7.47. The number of amides is 2. The summed E-state index contributed by atoms with van der Waals surface area (Å²) >= 11 is 0. The standard InChI is InChI=1S/C19H18F2N2O6/c1-27-15-9-12(5-8-14(15)29-19(20)21)18(26)23-13-6-3-11(4-7-13)17(25)22-10-16(24)28-2/h3-9,19H,10H2,1-2H3,(H,22,25)(H,23,26). The third kappa shape index (κ3) is 6.16. The Morgan fingerprint density at radius 2 is 1.59 bits per heavy atom. The van der Waals surface area contributed by atoms with Gasteiger partial charge in [0.05, 0.1) is 14.2 Å². The SMILES string of the molecule is COC(=O)CNC(=O)c1ccc(NC(=O)c2ccc(OC(F)F)c(OC)c2)cc1. The second-order valence-corrected chi connectivity index (χ2v) is 5.53. The zero-order valence-corrected chi connectivity index (χ0v) is 15.5. The number of carbonyl (C=O) groups excluding carboxylic acids is 3. The zero-order valence-electron chi connectivity index (χ0n) is 15.5. The summed E-state index contributed by atoms with van der Waals surface area (Å²) in [6, 6.07) is 9.69. The molecular formula is C19H18F2N2O6. The second kappa shape index (κ2) is 10.0. The third-order valence-corrected chi connectivity index (χ3v) is 3.67. The third-order valence-electron chi connectivity index (χ3n) is 3.67. The fourth-order valence-electron chi connectivity index (χ4n) is 2.24. The molecule has 0 aliphatic rings. The van der Waals surface area contributed by atoms with Gasteiger partial charge in [-0.2, -0.15) is 8.78 Å². The molecular weight excluding hydrogens is 390 g/mol. The van der Waals surface area contributed by atoms with Crippen LogP contribution in [0.2, 0.25) is 0 Å². The van der Waals surface area contributed by atoms with Crippen molar-refractivity contribution in [2.75, 3.05) is 26.1 Å². The highest BCUT2D eigenvalue weighted by Crippen LogP contribution is 2.29. The van der Waals surface area contributed by atoms with Crippen molar-refractivity contribution in [3.05, 3.63) is 53.6 Å². The number of hydrogen-bond donors (Lipinski definition) is 2. The summed E-state index contributed by atoms with van der Waals surface area (Å²) < 4.78 is 38.4. The first-order valence-corrected chi connectivity index (χ1v) is 8.23. The number of alkyl halides is 2. The minimum absolute atomic E-state index is 0.0180. The van der Waals surface area contributed by atoms with E-state index in [-0.39, 0.29) is 29.2 Å². The van der Waals surface area contributed by atoms with Crippen molar-refractivity contribution in [3.8, 4) is 11.5 Å². The van der Waals surface area contributed by atoms with Gasteiger partial charge in [0.15, 0.2) is 11.5 Å². The van der Waals surface area contributed by atoms with Crippen LogP contribution in [0.4, 0.5) is 14.5 Å². The number of anilines is 1. The van der Waals surface area contributed by atoms with Gasteiger partial charge in [0.2, 0.25) is 0 Å². The van der Waals surface area contributed by atoms with E-state index in [4.69, 9.17) is 4.74 Å². The van der Waals surface area contributed by atoms with E-state index in [1.807, 2.05) is 0 Å². The van der Waals surface area contributed by atoms with E-state index in [1.54, 1.807) is 0 Å². The Morgan fingerprint density at radius 1 is 0.931 bits per heavy atom. The van der Waals surface area contributed by atoms with E-state index in [1.165, 1.54) is 56.7 Å². The molecule has 2 amide bonds. The monoisotopic (exact) mass is 408 g/mol. The van der Waals surface area contributed by atoms with Crippen LogP contribution in [0.25, 0.3) is 0 Å². The Hall–Kier alpha value is -3.69. The molecule has 0 aromatic heterocycles. The predicted octanol–water partition coefficient (Wildman–Crippen LogP) is 2.45. The zero-order chi connectivity index (χ0) is 21.4. The molecule has 0 aliphatic carbocycles. The van der Waals surface area contributed by atoms with E-state index < -0.39 is 24.4 Å². The first-order chi connectivity index (χ1) is 13.8. The molecule has 2 N–H and O–H groups in total. The summed E-state index contributed by atoms with van der Waals surface area (Å²) in [6.45, 7) is -3.28. The van der Waals surface area contributed by atoms with Gasteiger partial charge in [0.25, 0.3) is 11.8 Å². The lowest BCUT2D eigenvalue weighted by atomic mass is 10.1. The average molecular weight is 408 g/mol. The van der Waals surface area contributed by atoms with Crippen molar-refractivity contribution in [1.29, 1.82) is 0 Å². The fourth-order valence-corrected chi connectivity index (χ4v) is 2.24. The van der Waals surface area contributed by atoms with Crippen molar-refractivity contribution in [3.63, 3.8) is 0 Å². The maximum absolute atomic E-state index is 12.4. The van der Waals surface area contributed by atoms with E-state index in [0.717, 1.165) is 0 Å². The van der Waals surface area contributed by atoms with Crippen molar-refractivity contribution in [2.45, 2.75) is 6.61 Å². The Balaban J connectivity index is 2.03. The maximum atomic E-state index is 12.4. The minimum Gasteiger partial charge on any atom is -0.493 e. The molecule has 0 heterocycles. The highest BCUT2D eigenvalue weighted by atomic mass is 19.3. The fraction of sp³-hybridized carbons (Fsp3) is 0.211. The molecule has 0 radical (unpaired) electrons. The van der Waals surface area contributed by atoms with E-state index in [2.05, 4.69) is 20.1 Å². The van der Waals surface area contributed by atoms with Crippen LogP contribution >= 0.6 is 0 Å². The topological polar surface area (TPSA) is 103 Å². The number of halogens is 2. The molecule has 0 spiro atoms. The molecule has 0 unspecified atom stereocenters. The molecule has 2 rings (SSSR count). The summed E-state index contributed by atoms with van der Waals surface area (Å²) in [4.78, 5) is 35.3. The summed E-state index contributed by atoms with van der Waals surface area (Å²) in [5.41, 5.74) is 0.830. The van der Waals surface area contributed by atoms with Gasteiger partial charge in [-0.25, -0.2) is 0 Å². The molecule has 8 nitrogen and oxygen atoms in total. The highest BCUT2D eigenvalue weighted by molar-refractivity contribution is 6.05. The first-order valence-electron chi connectivity index (χ1n) is 8.23.